The topological polar surface area (TPSA) is 29.1 Å². The van der Waals surface area contributed by atoms with Crippen LogP contribution in [0.3, 0.4) is 0 Å². The van der Waals surface area contributed by atoms with E-state index in [0.717, 1.165) is 11.3 Å². The lowest BCUT2D eigenvalue weighted by Crippen LogP contribution is -2.24. The summed E-state index contributed by atoms with van der Waals surface area (Å²) in [5.41, 5.74) is 1.80. The summed E-state index contributed by atoms with van der Waals surface area (Å²) in [4.78, 5) is 13.4. The smallest absolute Gasteiger partial charge is 0.238 e. The number of hydrogen-bond donors (Lipinski definition) is 1. The van der Waals surface area contributed by atoms with Crippen molar-refractivity contribution in [1.82, 2.24) is 0 Å². The summed E-state index contributed by atoms with van der Waals surface area (Å²) in [6.45, 7) is 0. The number of benzene rings is 2. The maximum atomic E-state index is 13.2. The van der Waals surface area contributed by atoms with Crippen LogP contribution in [0.5, 0.6) is 0 Å². The van der Waals surface area contributed by atoms with Crippen molar-refractivity contribution >= 4 is 39.3 Å². The fourth-order valence-corrected chi connectivity index (χ4v) is 3.70. The Labute approximate surface area is 128 Å². The van der Waals surface area contributed by atoms with Crippen molar-refractivity contribution in [2.24, 2.45) is 0 Å². The van der Waals surface area contributed by atoms with E-state index in [2.05, 4.69) is 21.2 Å². The molecule has 0 radical (unpaired) electrons. The van der Waals surface area contributed by atoms with Gasteiger partial charge in [-0.1, -0.05) is 18.2 Å². The van der Waals surface area contributed by atoms with Crippen LogP contribution in [0.15, 0.2) is 51.8 Å². The predicted molar refractivity (Wildman–Crippen MR) is 82.5 cm³/mol. The number of fused-ring (bicyclic) bond motifs is 1. The fraction of sp³-hybridized carbons (Fsp3) is 0.133. The first-order valence-corrected chi connectivity index (χ1v) is 7.81. The Kier molecular flexibility index (Phi) is 3.81. The van der Waals surface area contributed by atoms with E-state index in [0.29, 0.717) is 10.2 Å². The molecule has 20 heavy (non-hydrogen) atoms. The normalized spacial score (nSPS) is 16.8. The van der Waals surface area contributed by atoms with Crippen LogP contribution < -0.4 is 5.32 Å². The number of nitrogens with one attached hydrogen (secondary N) is 1. The lowest BCUT2D eigenvalue weighted by molar-refractivity contribution is -0.115. The average molecular weight is 352 g/mol. The highest BCUT2D eigenvalue weighted by Gasteiger charge is 2.27. The second kappa shape index (κ2) is 5.58. The molecule has 1 heterocycles. The lowest BCUT2D eigenvalue weighted by Gasteiger charge is -2.10. The summed E-state index contributed by atoms with van der Waals surface area (Å²) in [7, 11) is 0. The number of carbonyl (C=O) groups excluding carboxylic acids is 1. The summed E-state index contributed by atoms with van der Waals surface area (Å²) in [5, 5.41) is 2.70. The van der Waals surface area contributed by atoms with Crippen LogP contribution in [0.4, 0.5) is 10.1 Å². The van der Waals surface area contributed by atoms with Gasteiger partial charge in [0.25, 0.3) is 0 Å². The van der Waals surface area contributed by atoms with E-state index in [4.69, 9.17) is 0 Å². The number of amides is 1. The fourth-order valence-electron chi connectivity index (χ4n) is 2.12. The van der Waals surface area contributed by atoms with E-state index < -0.39 is 0 Å². The van der Waals surface area contributed by atoms with Gasteiger partial charge in [-0.05, 0) is 52.2 Å². The van der Waals surface area contributed by atoms with Gasteiger partial charge in [0.2, 0.25) is 5.91 Å². The second-order valence-corrected chi connectivity index (χ2v) is 6.64. The van der Waals surface area contributed by atoms with Crippen molar-refractivity contribution in [3.8, 4) is 0 Å². The molecular formula is C15H11BrFNOS. The molecule has 5 heteroatoms. The van der Waals surface area contributed by atoms with Gasteiger partial charge in [-0.25, -0.2) is 4.39 Å². The Bertz CT molecular complexity index is 652. The molecule has 0 spiro atoms. The maximum Gasteiger partial charge on any atom is 0.238 e. The van der Waals surface area contributed by atoms with Gasteiger partial charge in [-0.2, -0.15) is 0 Å². The van der Waals surface area contributed by atoms with Crippen molar-refractivity contribution in [3.05, 3.63) is 58.3 Å². The Morgan fingerprint density at radius 2 is 2.10 bits per heavy atom. The first-order chi connectivity index (χ1) is 9.63. The van der Waals surface area contributed by atoms with Crippen LogP contribution in [-0.4, -0.2) is 11.2 Å². The van der Waals surface area contributed by atoms with Gasteiger partial charge >= 0.3 is 0 Å². The van der Waals surface area contributed by atoms with Crippen LogP contribution in [0.1, 0.15) is 5.56 Å². The third-order valence-corrected chi connectivity index (χ3v) is 5.05. The van der Waals surface area contributed by atoms with Gasteiger partial charge in [0.1, 0.15) is 5.82 Å². The molecule has 0 saturated heterocycles. The molecule has 3 rings (SSSR count). The highest BCUT2D eigenvalue weighted by atomic mass is 79.9. The molecule has 2 nitrogen and oxygen atoms in total. The van der Waals surface area contributed by atoms with Crippen molar-refractivity contribution in [2.75, 3.05) is 5.32 Å². The molecule has 0 fully saturated rings. The van der Waals surface area contributed by atoms with Crippen molar-refractivity contribution < 1.29 is 9.18 Å². The Morgan fingerprint density at radius 3 is 2.85 bits per heavy atom. The summed E-state index contributed by atoms with van der Waals surface area (Å²) < 4.78 is 13.5. The molecule has 1 unspecified atom stereocenters. The molecule has 2 aromatic rings. The molecule has 1 N–H and O–H groups in total. The van der Waals surface area contributed by atoms with Gasteiger partial charge in [0, 0.05) is 10.6 Å². The summed E-state index contributed by atoms with van der Waals surface area (Å²) >= 11 is 4.68. The SMILES string of the molecule is O=C(Nc1ccc(F)c(Br)c1)C1Cc2ccccc2S1. The molecule has 102 valence electrons. The number of rotatable bonds is 2. The highest BCUT2D eigenvalue weighted by molar-refractivity contribution is 9.10. The third kappa shape index (κ3) is 2.74. The first kappa shape index (κ1) is 13.6. The number of carbonyl (C=O) groups is 1. The zero-order valence-electron chi connectivity index (χ0n) is 10.4. The predicted octanol–water partition coefficient (Wildman–Crippen LogP) is 4.24. The van der Waals surface area contributed by atoms with E-state index in [1.165, 1.54) is 11.6 Å². The van der Waals surface area contributed by atoms with Gasteiger partial charge in [0.15, 0.2) is 0 Å². The summed E-state index contributed by atoms with van der Waals surface area (Å²) in [6, 6.07) is 12.5. The van der Waals surface area contributed by atoms with Crippen LogP contribution >= 0.6 is 27.7 Å². The summed E-state index contributed by atoms with van der Waals surface area (Å²) in [5.74, 6) is -0.393. The maximum absolute atomic E-state index is 13.2. The third-order valence-electron chi connectivity index (χ3n) is 3.13. The monoisotopic (exact) mass is 351 g/mol. The van der Waals surface area contributed by atoms with Gasteiger partial charge in [-0.15, -0.1) is 11.8 Å². The van der Waals surface area contributed by atoms with E-state index in [1.807, 2.05) is 24.3 Å². The number of thioether (sulfide) groups is 1. The standard InChI is InChI=1S/C15H11BrFNOS/c16-11-8-10(5-6-12(11)17)18-15(19)14-7-9-3-1-2-4-13(9)20-14/h1-6,8,14H,7H2,(H,18,19). The molecule has 1 aliphatic rings. The number of hydrogen-bond acceptors (Lipinski definition) is 2. The van der Waals surface area contributed by atoms with E-state index >= 15 is 0 Å². The molecule has 0 aliphatic carbocycles. The Morgan fingerprint density at radius 1 is 1.30 bits per heavy atom. The molecular weight excluding hydrogens is 341 g/mol. The van der Waals surface area contributed by atoms with Crippen molar-refractivity contribution in [2.45, 2.75) is 16.6 Å². The minimum atomic E-state index is -0.342. The molecule has 1 amide bonds. The second-order valence-electron chi connectivity index (χ2n) is 4.54. The zero-order valence-corrected chi connectivity index (χ0v) is 12.8. The highest BCUT2D eigenvalue weighted by Crippen LogP contribution is 2.37. The summed E-state index contributed by atoms with van der Waals surface area (Å²) in [6.07, 6.45) is 0.731. The number of halogens is 2. The van der Waals surface area contributed by atoms with Crippen LogP contribution in [0.25, 0.3) is 0 Å². The van der Waals surface area contributed by atoms with E-state index in [-0.39, 0.29) is 17.0 Å². The van der Waals surface area contributed by atoms with Crippen LogP contribution in [-0.2, 0) is 11.2 Å². The van der Waals surface area contributed by atoms with E-state index in [9.17, 15) is 9.18 Å². The number of anilines is 1. The van der Waals surface area contributed by atoms with Gasteiger partial charge in [0.05, 0.1) is 9.72 Å². The van der Waals surface area contributed by atoms with Crippen LogP contribution in [0, 0.1) is 5.82 Å². The van der Waals surface area contributed by atoms with Gasteiger partial charge < -0.3 is 5.32 Å². The molecule has 0 bridgehead atoms. The molecule has 1 aliphatic heterocycles. The molecule has 0 aromatic heterocycles. The van der Waals surface area contributed by atoms with Crippen LogP contribution in [0.2, 0.25) is 0 Å². The van der Waals surface area contributed by atoms with E-state index in [1.54, 1.807) is 23.9 Å². The Hall–Kier alpha value is -1.33. The lowest BCUT2D eigenvalue weighted by atomic mass is 10.1. The average Bonchev–Trinajstić information content (AvgIpc) is 2.87. The van der Waals surface area contributed by atoms with Gasteiger partial charge in [-0.3, -0.25) is 4.79 Å². The Balaban J connectivity index is 1.71. The molecule has 2 aromatic carbocycles. The largest absolute Gasteiger partial charge is 0.325 e. The first-order valence-electron chi connectivity index (χ1n) is 6.14. The minimum Gasteiger partial charge on any atom is -0.325 e. The molecule has 0 saturated carbocycles. The van der Waals surface area contributed by atoms with Crippen molar-refractivity contribution in [3.63, 3.8) is 0 Å². The minimum absolute atomic E-state index is 0.0512. The quantitative estimate of drug-likeness (QED) is 0.876. The molecule has 1 atom stereocenters. The van der Waals surface area contributed by atoms with Crippen molar-refractivity contribution in [1.29, 1.82) is 0 Å². The zero-order chi connectivity index (χ0) is 14.1.